The predicted octanol–water partition coefficient (Wildman–Crippen LogP) is 1.50. The number of hydrogen-bond donors (Lipinski definition) is 3. The summed E-state index contributed by atoms with van der Waals surface area (Å²) in [5.41, 5.74) is 0.812. The van der Waals surface area contributed by atoms with Crippen LogP contribution in [0, 0.1) is 0 Å². The topological polar surface area (TPSA) is 86.6 Å². The first-order valence-electron chi connectivity index (χ1n) is 5.80. The maximum Gasteiger partial charge on any atom is 0.267 e. The summed E-state index contributed by atoms with van der Waals surface area (Å²) in [6.45, 7) is 0.0494. The molecule has 1 atom stereocenters. The van der Waals surface area contributed by atoms with Crippen LogP contribution >= 0.6 is 0 Å². The van der Waals surface area contributed by atoms with Gasteiger partial charge in [-0.05, 0) is 11.5 Å². The quantitative estimate of drug-likeness (QED) is 0.723. The molecule has 0 saturated carbocycles. The highest BCUT2D eigenvalue weighted by Crippen LogP contribution is 2.22. The summed E-state index contributed by atoms with van der Waals surface area (Å²) in [5, 5.41) is 14.5. The number of hydrogen-bond acceptors (Lipinski definition) is 4. The largest absolute Gasteiger partial charge is 0.390 e. The molecular weight excluding hydrogens is 266 g/mol. The highest BCUT2D eigenvalue weighted by atomic mass is 32.2. The van der Waals surface area contributed by atoms with Crippen LogP contribution in [0.1, 0.15) is 0 Å². The number of anilines is 1. The monoisotopic (exact) mass is 281 g/mol. The molecule has 102 valence electrons. The molecule has 0 aromatic heterocycles. The van der Waals surface area contributed by atoms with E-state index in [0.717, 1.165) is 16.5 Å². The predicted molar refractivity (Wildman–Crippen MR) is 74.9 cm³/mol. The Hall–Kier alpha value is -1.63. The van der Waals surface area contributed by atoms with Crippen LogP contribution in [-0.4, -0.2) is 36.5 Å². The molecule has 0 spiro atoms. The summed E-state index contributed by atoms with van der Waals surface area (Å²) >= 11 is 0. The van der Waals surface area contributed by atoms with Crippen molar-refractivity contribution in [1.82, 2.24) is 0 Å². The SMILES string of the molecule is O=S(=O)(O)CC(O)CNc1cccc2ccccc12. The van der Waals surface area contributed by atoms with Crippen LogP contribution in [0.4, 0.5) is 5.69 Å². The van der Waals surface area contributed by atoms with Gasteiger partial charge in [0.1, 0.15) is 5.75 Å². The molecular formula is C13H15NO4S. The van der Waals surface area contributed by atoms with Crippen LogP contribution in [0.3, 0.4) is 0 Å². The molecule has 0 amide bonds. The minimum atomic E-state index is -4.16. The fourth-order valence-corrected chi connectivity index (χ4v) is 2.51. The van der Waals surface area contributed by atoms with Gasteiger partial charge in [0.15, 0.2) is 0 Å². The van der Waals surface area contributed by atoms with Crippen molar-refractivity contribution in [3.63, 3.8) is 0 Å². The zero-order valence-corrected chi connectivity index (χ0v) is 11.0. The maximum atomic E-state index is 10.6. The molecule has 2 aromatic carbocycles. The van der Waals surface area contributed by atoms with E-state index >= 15 is 0 Å². The van der Waals surface area contributed by atoms with Gasteiger partial charge in [0.05, 0.1) is 6.10 Å². The Labute approximate surface area is 111 Å². The van der Waals surface area contributed by atoms with Crippen LogP contribution in [0.2, 0.25) is 0 Å². The summed E-state index contributed by atoms with van der Waals surface area (Å²) < 4.78 is 29.9. The van der Waals surface area contributed by atoms with Crippen molar-refractivity contribution >= 4 is 26.6 Å². The van der Waals surface area contributed by atoms with Gasteiger partial charge < -0.3 is 10.4 Å². The van der Waals surface area contributed by atoms with Crippen molar-refractivity contribution in [2.45, 2.75) is 6.10 Å². The summed E-state index contributed by atoms with van der Waals surface area (Å²) in [6.07, 6.45) is -1.16. The Morgan fingerprint density at radius 3 is 2.53 bits per heavy atom. The van der Waals surface area contributed by atoms with Crippen molar-refractivity contribution in [3.05, 3.63) is 42.5 Å². The molecule has 0 heterocycles. The third-order valence-corrected chi connectivity index (χ3v) is 3.53. The van der Waals surface area contributed by atoms with Crippen molar-refractivity contribution < 1.29 is 18.1 Å². The molecule has 0 aliphatic carbocycles. The second-order valence-electron chi connectivity index (χ2n) is 4.31. The minimum Gasteiger partial charge on any atom is -0.390 e. The highest BCUT2D eigenvalue weighted by molar-refractivity contribution is 7.85. The number of nitrogens with one attached hydrogen (secondary N) is 1. The molecule has 0 aliphatic heterocycles. The van der Waals surface area contributed by atoms with Crippen LogP contribution in [0.15, 0.2) is 42.5 Å². The second kappa shape index (κ2) is 5.56. The van der Waals surface area contributed by atoms with E-state index in [-0.39, 0.29) is 6.54 Å². The first-order valence-corrected chi connectivity index (χ1v) is 7.41. The van der Waals surface area contributed by atoms with Gasteiger partial charge in [0.25, 0.3) is 10.1 Å². The van der Waals surface area contributed by atoms with E-state index in [9.17, 15) is 13.5 Å². The Morgan fingerprint density at radius 1 is 1.11 bits per heavy atom. The molecule has 19 heavy (non-hydrogen) atoms. The summed E-state index contributed by atoms with van der Waals surface area (Å²) in [7, 11) is -4.16. The number of benzene rings is 2. The van der Waals surface area contributed by atoms with E-state index in [2.05, 4.69) is 5.32 Å². The Balaban J connectivity index is 2.10. The number of rotatable bonds is 5. The Kier molecular flexibility index (Phi) is 4.04. The first-order chi connectivity index (χ1) is 8.96. The molecule has 2 aromatic rings. The van der Waals surface area contributed by atoms with E-state index in [1.54, 1.807) is 0 Å². The highest BCUT2D eigenvalue weighted by Gasteiger charge is 2.14. The van der Waals surface area contributed by atoms with Gasteiger partial charge in [-0.3, -0.25) is 4.55 Å². The Bertz CT molecular complexity index is 664. The van der Waals surface area contributed by atoms with Gasteiger partial charge in [-0.1, -0.05) is 36.4 Å². The smallest absolute Gasteiger partial charge is 0.267 e. The van der Waals surface area contributed by atoms with Crippen LogP contribution in [0.25, 0.3) is 10.8 Å². The van der Waals surface area contributed by atoms with E-state index in [0.29, 0.717) is 0 Å². The van der Waals surface area contributed by atoms with Crippen molar-refractivity contribution in [2.24, 2.45) is 0 Å². The molecule has 0 radical (unpaired) electrons. The standard InChI is InChI=1S/C13H15NO4S/c15-11(9-19(16,17)18)8-14-13-7-3-5-10-4-1-2-6-12(10)13/h1-7,11,14-15H,8-9H2,(H,16,17,18). The summed E-state index contributed by atoms with van der Waals surface area (Å²) in [6, 6.07) is 13.4. The molecule has 3 N–H and O–H groups in total. The van der Waals surface area contributed by atoms with Gasteiger partial charge in [0.2, 0.25) is 0 Å². The third kappa shape index (κ3) is 3.92. The molecule has 6 heteroatoms. The maximum absolute atomic E-state index is 10.6. The van der Waals surface area contributed by atoms with E-state index in [1.165, 1.54) is 0 Å². The van der Waals surface area contributed by atoms with Gasteiger partial charge >= 0.3 is 0 Å². The lowest BCUT2D eigenvalue weighted by molar-refractivity contribution is 0.208. The third-order valence-electron chi connectivity index (χ3n) is 2.72. The zero-order valence-electron chi connectivity index (χ0n) is 10.2. The first kappa shape index (κ1) is 13.8. The lowest BCUT2D eigenvalue weighted by atomic mass is 10.1. The second-order valence-corrected chi connectivity index (χ2v) is 5.81. The van der Waals surface area contributed by atoms with Crippen molar-refractivity contribution in [1.29, 1.82) is 0 Å². The lowest BCUT2D eigenvalue weighted by Gasteiger charge is -2.13. The van der Waals surface area contributed by atoms with Gasteiger partial charge in [-0.15, -0.1) is 0 Å². The normalized spacial score (nSPS) is 13.4. The molecule has 2 rings (SSSR count). The minimum absolute atomic E-state index is 0.0494. The van der Waals surface area contributed by atoms with Crippen molar-refractivity contribution in [3.8, 4) is 0 Å². The Morgan fingerprint density at radius 2 is 1.79 bits per heavy atom. The molecule has 5 nitrogen and oxygen atoms in total. The van der Waals surface area contributed by atoms with Crippen LogP contribution < -0.4 is 5.32 Å². The average Bonchev–Trinajstić information content (AvgIpc) is 2.34. The number of aliphatic hydroxyl groups excluding tert-OH is 1. The fourth-order valence-electron chi connectivity index (χ4n) is 1.91. The number of fused-ring (bicyclic) bond motifs is 1. The van der Waals surface area contributed by atoms with Crippen LogP contribution in [-0.2, 0) is 10.1 Å². The van der Waals surface area contributed by atoms with Crippen molar-refractivity contribution in [2.75, 3.05) is 17.6 Å². The van der Waals surface area contributed by atoms with E-state index < -0.39 is 22.0 Å². The van der Waals surface area contributed by atoms with Gasteiger partial charge in [-0.25, -0.2) is 0 Å². The molecule has 0 aliphatic rings. The molecule has 0 fully saturated rings. The van der Waals surface area contributed by atoms with E-state index in [4.69, 9.17) is 4.55 Å². The number of aliphatic hydroxyl groups is 1. The van der Waals surface area contributed by atoms with Crippen LogP contribution in [0.5, 0.6) is 0 Å². The molecule has 1 unspecified atom stereocenters. The van der Waals surface area contributed by atoms with Gasteiger partial charge in [-0.2, -0.15) is 8.42 Å². The average molecular weight is 281 g/mol. The lowest BCUT2D eigenvalue weighted by Crippen LogP contribution is -2.27. The van der Waals surface area contributed by atoms with E-state index in [1.807, 2.05) is 42.5 Å². The molecule has 0 bridgehead atoms. The summed E-state index contributed by atoms with van der Waals surface area (Å²) in [4.78, 5) is 0. The fraction of sp³-hybridized carbons (Fsp3) is 0.231. The molecule has 0 saturated heterocycles. The summed E-state index contributed by atoms with van der Waals surface area (Å²) in [5.74, 6) is -0.676. The zero-order chi connectivity index (χ0) is 13.9. The van der Waals surface area contributed by atoms with Gasteiger partial charge in [0, 0.05) is 17.6 Å².